The second-order valence-corrected chi connectivity index (χ2v) is 4.12. The molecule has 0 saturated carbocycles. The molecule has 1 aromatic carbocycles. The average Bonchev–Trinajstić information content (AvgIpc) is 2.36. The number of benzene rings is 1. The molecular formula is C11H13F3N2O4. The minimum atomic E-state index is -4.87. The summed E-state index contributed by atoms with van der Waals surface area (Å²) in [5.41, 5.74) is 2.42. The Kier molecular flexibility index (Phi) is 5.03. The smallest absolute Gasteiger partial charge is 0.390 e. The number of hydrogen-bond acceptors (Lipinski definition) is 5. The van der Waals surface area contributed by atoms with E-state index in [1.807, 2.05) is 0 Å². The largest absolute Gasteiger partial charge is 0.422 e. The van der Waals surface area contributed by atoms with Crippen molar-refractivity contribution in [1.82, 2.24) is 0 Å². The van der Waals surface area contributed by atoms with Crippen molar-refractivity contribution in [1.29, 1.82) is 0 Å². The van der Waals surface area contributed by atoms with Gasteiger partial charge in [-0.2, -0.15) is 13.2 Å². The molecule has 4 N–H and O–H groups in total. The lowest BCUT2D eigenvalue weighted by molar-refractivity contribution is -0.388. The number of rotatable bonds is 5. The summed E-state index contributed by atoms with van der Waals surface area (Å²) in [6.45, 7) is 0.0565. The van der Waals surface area contributed by atoms with Crippen LogP contribution in [0.15, 0.2) is 18.2 Å². The number of halogens is 3. The van der Waals surface area contributed by atoms with Gasteiger partial charge in [0.05, 0.1) is 11.0 Å². The molecule has 0 aliphatic rings. The van der Waals surface area contributed by atoms with Crippen molar-refractivity contribution in [2.75, 3.05) is 6.54 Å². The third kappa shape index (κ3) is 3.65. The van der Waals surface area contributed by atoms with Crippen LogP contribution >= 0.6 is 0 Å². The minimum Gasteiger partial charge on any atom is -0.390 e. The quantitative estimate of drug-likeness (QED) is 0.561. The van der Waals surface area contributed by atoms with Crippen LogP contribution in [0.4, 0.5) is 18.9 Å². The molecule has 0 aromatic heterocycles. The number of aliphatic hydroxyl groups is 2. The van der Waals surface area contributed by atoms with Crippen molar-refractivity contribution in [3.63, 3.8) is 0 Å². The van der Waals surface area contributed by atoms with Gasteiger partial charge in [-0.3, -0.25) is 10.1 Å². The van der Waals surface area contributed by atoms with E-state index in [2.05, 4.69) is 0 Å². The van der Waals surface area contributed by atoms with E-state index in [0.29, 0.717) is 12.1 Å². The zero-order chi connectivity index (χ0) is 15.5. The van der Waals surface area contributed by atoms with Crippen LogP contribution in [-0.2, 0) is 6.18 Å². The maximum atomic E-state index is 12.6. The van der Waals surface area contributed by atoms with Gasteiger partial charge in [0.25, 0.3) is 5.69 Å². The Morgan fingerprint density at radius 1 is 1.35 bits per heavy atom. The molecule has 1 rings (SSSR count). The Morgan fingerprint density at radius 2 is 1.95 bits per heavy atom. The Balaban J connectivity index is 3.20. The van der Waals surface area contributed by atoms with Crippen LogP contribution in [0.1, 0.15) is 23.7 Å². The summed E-state index contributed by atoms with van der Waals surface area (Å²) in [5.74, 6) is 0. The number of nitrogens with two attached hydrogens (primary N) is 1. The maximum absolute atomic E-state index is 12.6. The molecule has 0 radical (unpaired) electrons. The molecule has 1 aromatic rings. The molecule has 6 nitrogen and oxygen atoms in total. The maximum Gasteiger partial charge on any atom is 0.422 e. The van der Waals surface area contributed by atoms with E-state index in [-0.39, 0.29) is 18.5 Å². The third-order valence-electron chi connectivity index (χ3n) is 2.69. The Morgan fingerprint density at radius 3 is 2.40 bits per heavy atom. The van der Waals surface area contributed by atoms with E-state index in [1.54, 1.807) is 0 Å². The molecule has 2 atom stereocenters. The highest BCUT2D eigenvalue weighted by atomic mass is 19.4. The molecule has 0 saturated heterocycles. The molecule has 0 bridgehead atoms. The molecule has 9 heteroatoms. The van der Waals surface area contributed by atoms with Crippen LogP contribution in [-0.4, -0.2) is 27.8 Å². The van der Waals surface area contributed by atoms with Gasteiger partial charge in [-0.25, -0.2) is 0 Å². The fourth-order valence-electron chi connectivity index (χ4n) is 1.67. The molecule has 0 aliphatic carbocycles. The lowest BCUT2D eigenvalue weighted by Gasteiger charge is -2.18. The van der Waals surface area contributed by atoms with Crippen molar-refractivity contribution in [3.05, 3.63) is 39.4 Å². The molecule has 0 aliphatic heterocycles. The van der Waals surface area contributed by atoms with Crippen LogP contribution in [0, 0.1) is 10.1 Å². The topological polar surface area (TPSA) is 110 Å². The first kappa shape index (κ1) is 16.3. The first-order valence-electron chi connectivity index (χ1n) is 5.60. The summed E-state index contributed by atoms with van der Waals surface area (Å²) in [5, 5.41) is 29.9. The van der Waals surface area contributed by atoms with Gasteiger partial charge < -0.3 is 15.9 Å². The van der Waals surface area contributed by atoms with Crippen molar-refractivity contribution in [2.24, 2.45) is 5.73 Å². The number of nitrogens with zero attached hydrogens (tertiary/aromatic N) is 1. The summed E-state index contributed by atoms with van der Waals surface area (Å²) in [6, 6.07) is 2.00. The van der Waals surface area contributed by atoms with Gasteiger partial charge in [-0.1, -0.05) is 6.07 Å². The van der Waals surface area contributed by atoms with Gasteiger partial charge >= 0.3 is 6.18 Å². The normalized spacial score (nSPS) is 14.9. The van der Waals surface area contributed by atoms with Crippen LogP contribution < -0.4 is 5.73 Å². The van der Waals surface area contributed by atoms with E-state index in [1.165, 1.54) is 0 Å². The van der Waals surface area contributed by atoms with Crippen molar-refractivity contribution in [2.45, 2.75) is 24.8 Å². The summed E-state index contributed by atoms with van der Waals surface area (Å²) in [6.07, 6.45) is -7.71. The number of hydrogen-bond donors (Lipinski definition) is 3. The molecule has 0 spiro atoms. The summed E-state index contributed by atoms with van der Waals surface area (Å²) >= 11 is 0. The number of alkyl halides is 3. The number of nitro groups is 1. The highest BCUT2D eigenvalue weighted by Gasteiger charge is 2.38. The van der Waals surface area contributed by atoms with Gasteiger partial charge in [0.2, 0.25) is 0 Å². The molecule has 0 amide bonds. The summed E-state index contributed by atoms with van der Waals surface area (Å²) in [4.78, 5) is 9.49. The molecular weight excluding hydrogens is 281 g/mol. The van der Waals surface area contributed by atoms with E-state index in [0.717, 1.165) is 6.07 Å². The van der Waals surface area contributed by atoms with E-state index < -0.39 is 34.6 Å². The molecule has 20 heavy (non-hydrogen) atoms. The monoisotopic (exact) mass is 294 g/mol. The Hall–Kier alpha value is -1.71. The summed E-state index contributed by atoms with van der Waals surface area (Å²) in [7, 11) is 0. The minimum absolute atomic E-state index is 0.00991. The number of nitro benzene ring substituents is 1. The van der Waals surface area contributed by atoms with E-state index in [4.69, 9.17) is 5.73 Å². The van der Waals surface area contributed by atoms with Gasteiger partial charge in [0.15, 0.2) is 0 Å². The lowest BCUT2D eigenvalue weighted by Crippen LogP contribution is -2.22. The lowest BCUT2D eigenvalue weighted by atomic mass is 9.99. The predicted octanol–water partition coefficient (Wildman–Crippen LogP) is 1.36. The fourth-order valence-corrected chi connectivity index (χ4v) is 1.67. The van der Waals surface area contributed by atoms with Gasteiger partial charge in [-0.15, -0.1) is 0 Å². The highest BCUT2D eigenvalue weighted by molar-refractivity contribution is 5.45. The van der Waals surface area contributed by atoms with Crippen molar-refractivity contribution in [3.8, 4) is 0 Å². The highest BCUT2D eigenvalue weighted by Crippen LogP contribution is 2.37. The van der Waals surface area contributed by atoms with Crippen LogP contribution in [0.2, 0.25) is 0 Å². The van der Waals surface area contributed by atoms with Crippen LogP contribution in [0.3, 0.4) is 0 Å². The first-order chi connectivity index (χ1) is 9.18. The summed E-state index contributed by atoms with van der Waals surface area (Å²) < 4.78 is 37.8. The van der Waals surface area contributed by atoms with Crippen LogP contribution in [0.5, 0.6) is 0 Å². The van der Waals surface area contributed by atoms with Gasteiger partial charge in [0, 0.05) is 6.07 Å². The predicted molar refractivity (Wildman–Crippen MR) is 62.7 cm³/mol. The van der Waals surface area contributed by atoms with Crippen molar-refractivity contribution >= 4 is 5.69 Å². The zero-order valence-corrected chi connectivity index (χ0v) is 10.2. The van der Waals surface area contributed by atoms with E-state index in [9.17, 15) is 33.5 Å². The SMILES string of the molecule is NCCC(O)C(O)c1ccc(C(F)(F)F)c([N+](=O)[O-])c1. The van der Waals surface area contributed by atoms with Gasteiger partial charge in [0.1, 0.15) is 11.7 Å². The standard InChI is InChI=1S/C11H13F3N2O4/c12-11(13,14)7-2-1-6(5-8(7)16(19)20)10(18)9(17)3-4-15/h1-2,5,9-10,17-18H,3-4,15H2. The second kappa shape index (κ2) is 6.16. The average molecular weight is 294 g/mol. The molecule has 2 unspecified atom stereocenters. The Labute approximate surface area is 111 Å². The fraction of sp³-hybridized carbons (Fsp3) is 0.455. The first-order valence-corrected chi connectivity index (χ1v) is 5.60. The molecule has 0 heterocycles. The second-order valence-electron chi connectivity index (χ2n) is 4.12. The van der Waals surface area contributed by atoms with Gasteiger partial charge in [-0.05, 0) is 24.6 Å². The van der Waals surface area contributed by atoms with Crippen molar-refractivity contribution < 1.29 is 28.3 Å². The number of aliphatic hydroxyl groups excluding tert-OH is 2. The van der Waals surface area contributed by atoms with Crippen LogP contribution in [0.25, 0.3) is 0 Å². The Bertz CT molecular complexity index is 493. The molecule has 0 fully saturated rings. The third-order valence-corrected chi connectivity index (χ3v) is 2.69. The van der Waals surface area contributed by atoms with E-state index >= 15 is 0 Å². The zero-order valence-electron chi connectivity index (χ0n) is 10.2. The molecule has 112 valence electrons.